The molecule has 138 valence electrons. The molecule has 0 amide bonds. The van der Waals surface area contributed by atoms with E-state index in [-0.39, 0.29) is 5.76 Å². The van der Waals surface area contributed by atoms with Crippen molar-refractivity contribution in [1.29, 1.82) is 0 Å². The van der Waals surface area contributed by atoms with Crippen molar-refractivity contribution >= 4 is 5.76 Å². The Hall–Kier alpha value is -2.87. The summed E-state index contributed by atoms with van der Waals surface area (Å²) in [5, 5.41) is 9.60. The lowest BCUT2D eigenvalue weighted by molar-refractivity contribution is 0.514. The number of aliphatic hydroxyl groups excluding tert-OH is 1. The molecule has 0 radical (unpaired) electrons. The van der Waals surface area contributed by atoms with Crippen LogP contribution in [-0.2, 0) is 12.8 Å². The van der Waals surface area contributed by atoms with Gasteiger partial charge in [-0.1, -0.05) is 75.9 Å². The van der Waals surface area contributed by atoms with Gasteiger partial charge in [0.05, 0.1) is 5.69 Å². The molecule has 0 saturated carbocycles. The van der Waals surface area contributed by atoms with Gasteiger partial charge < -0.3 is 5.11 Å². The van der Waals surface area contributed by atoms with Gasteiger partial charge in [0.15, 0.2) is 0 Å². The van der Waals surface area contributed by atoms with Gasteiger partial charge in [-0.15, -0.1) is 0 Å². The highest BCUT2D eigenvalue weighted by Gasteiger charge is 2.12. The maximum Gasteiger partial charge on any atom is 0.115 e. The first-order valence-corrected chi connectivity index (χ1v) is 9.54. The Morgan fingerprint density at radius 2 is 1.59 bits per heavy atom. The molecular weight excluding hydrogens is 330 g/mol. The molecule has 0 atom stereocenters. The zero-order valence-electron chi connectivity index (χ0n) is 16.4. The normalized spacial score (nSPS) is 11.0. The number of aliphatic hydroxyl groups is 1. The summed E-state index contributed by atoms with van der Waals surface area (Å²) < 4.78 is 0. The van der Waals surface area contributed by atoms with Crippen molar-refractivity contribution in [2.45, 2.75) is 33.6 Å². The number of rotatable bonds is 6. The molecule has 0 spiro atoms. The molecule has 2 heteroatoms. The van der Waals surface area contributed by atoms with Gasteiger partial charge in [-0.25, -0.2) is 0 Å². The molecule has 0 fully saturated rings. The third-order valence-electron chi connectivity index (χ3n) is 4.75. The second-order valence-corrected chi connectivity index (χ2v) is 7.41. The predicted octanol–water partition coefficient (Wildman–Crippen LogP) is 6.71. The van der Waals surface area contributed by atoms with Crippen molar-refractivity contribution in [1.82, 2.24) is 4.98 Å². The Balaban J connectivity index is 2.10. The Bertz CT molecular complexity index is 922. The van der Waals surface area contributed by atoms with Crippen LogP contribution in [-0.4, -0.2) is 10.1 Å². The van der Waals surface area contributed by atoms with Gasteiger partial charge >= 0.3 is 0 Å². The second kappa shape index (κ2) is 8.22. The summed E-state index contributed by atoms with van der Waals surface area (Å²) in [5.74, 6) is 0.665. The van der Waals surface area contributed by atoms with Crippen molar-refractivity contribution in [2.24, 2.45) is 5.92 Å². The van der Waals surface area contributed by atoms with Crippen LogP contribution in [0.25, 0.3) is 28.1 Å². The molecule has 3 aromatic rings. The minimum Gasteiger partial charge on any atom is -0.508 e. The van der Waals surface area contributed by atoms with Gasteiger partial charge in [-0.2, -0.15) is 0 Å². The van der Waals surface area contributed by atoms with Crippen LogP contribution < -0.4 is 0 Å². The largest absolute Gasteiger partial charge is 0.508 e. The molecule has 2 nitrogen and oxygen atoms in total. The summed E-state index contributed by atoms with van der Waals surface area (Å²) in [4.78, 5) is 4.82. The highest BCUT2D eigenvalue weighted by atomic mass is 16.3. The summed E-state index contributed by atoms with van der Waals surface area (Å²) in [6, 6.07) is 18.7. The lowest BCUT2D eigenvalue weighted by Gasteiger charge is -2.14. The summed E-state index contributed by atoms with van der Waals surface area (Å²) >= 11 is 0. The highest BCUT2D eigenvalue weighted by Crippen LogP contribution is 2.32. The van der Waals surface area contributed by atoms with Crippen molar-refractivity contribution in [3.63, 3.8) is 0 Å². The number of hydrogen-bond donors (Lipinski definition) is 1. The zero-order valence-corrected chi connectivity index (χ0v) is 16.4. The first-order valence-electron chi connectivity index (χ1n) is 9.54. The topological polar surface area (TPSA) is 33.1 Å². The van der Waals surface area contributed by atoms with Crippen LogP contribution >= 0.6 is 0 Å². The fourth-order valence-electron chi connectivity index (χ4n) is 3.28. The molecule has 27 heavy (non-hydrogen) atoms. The number of hydrogen-bond acceptors (Lipinski definition) is 2. The standard InChI is InChI=1S/C25H27NO/c1-5-19-6-8-23(9-7-19)25-24(15-20(16-26-25)14-17(2)3)22-12-10-21(11-13-22)18(4)27/h6-13,15-17,27H,4-5,14H2,1-3H3. The van der Waals surface area contributed by atoms with E-state index in [4.69, 9.17) is 4.98 Å². The Morgan fingerprint density at radius 3 is 2.15 bits per heavy atom. The van der Waals surface area contributed by atoms with Crippen LogP contribution in [0.15, 0.2) is 67.4 Å². The van der Waals surface area contributed by atoms with E-state index in [2.05, 4.69) is 57.7 Å². The van der Waals surface area contributed by atoms with Crippen LogP contribution in [0, 0.1) is 5.92 Å². The zero-order chi connectivity index (χ0) is 19.4. The molecule has 0 bridgehead atoms. The molecule has 0 aliphatic heterocycles. The summed E-state index contributed by atoms with van der Waals surface area (Å²) in [5.41, 5.74) is 7.61. The molecule has 1 N–H and O–H groups in total. The van der Waals surface area contributed by atoms with E-state index >= 15 is 0 Å². The average molecular weight is 357 g/mol. The van der Waals surface area contributed by atoms with Crippen LogP contribution in [0.4, 0.5) is 0 Å². The van der Waals surface area contributed by atoms with Crippen LogP contribution in [0.3, 0.4) is 0 Å². The molecule has 3 rings (SSSR count). The third kappa shape index (κ3) is 4.46. The minimum atomic E-state index is 0.0867. The maximum absolute atomic E-state index is 9.60. The summed E-state index contributed by atoms with van der Waals surface area (Å²) in [6.07, 6.45) is 4.03. The van der Waals surface area contributed by atoms with Crippen LogP contribution in [0.1, 0.15) is 37.5 Å². The van der Waals surface area contributed by atoms with Gasteiger partial charge in [0.2, 0.25) is 0 Å². The van der Waals surface area contributed by atoms with Crippen LogP contribution in [0.5, 0.6) is 0 Å². The summed E-state index contributed by atoms with van der Waals surface area (Å²) in [7, 11) is 0. The number of nitrogens with zero attached hydrogens (tertiary/aromatic N) is 1. The Kier molecular flexibility index (Phi) is 5.75. The SMILES string of the molecule is C=C(O)c1ccc(-c2cc(CC(C)C)cnc2-c2ccc(CC)cc2)cc1. The van der Waals surface area contributed by atoms with E-state index < -0.39 is 0 Å². The predicted molar refractivity (Wildman–Crippen MR) is 115 cm³/mol. The molecule has 0 aliphatic carbocycles. The van der Waals surface area contributed by atoms with Crippen molar-refractivity contribution in [2.75, 3.05) is 0 Å². The fraction of sp³-hybridized carbons (Fsp3) is 0.240. The smallest absolute Gasteiger partial charge is 0.115 e. The van der Waals surface area contributed by atoms with Gasteiger partial charge in [0.25, 0.3) is 0 Å². The van der Waals surface area contributed by atoms with E-state index in [1.165, 1.54) is 11.1 Å². The number of pyridine rings is 1. The quantitative estimate of drug-likeness (QED) is 0.498. The van der Waals surface area contributed by atoms with E-state index in [0.717, 1.165) is 40.8 Å². The molecule has 1 heterocycles. The highest BCUT2D eigenvalue weighted by molar-refractivity contribution is 5.81. The lowest BCUT2D eigenvalue weighted by Crippen LogP contribution is -1.98. The van der Waals surface area contributed by atoms with Crippen molar-refractivity contribution in [3.8, 4) is 22.4 Å². The molecule has 2 aromatic carbocycles. The van der Waals surface area contributed by atoms with Gasteiger partial charge in [0, 0.05) is 22.9 Å². The van der Waals surface area contributed by atoms with E-state index in [9.17, 15) is 5.11 Å². The lowest BCUT2D eigenvalue weighted by atomic mass is 9.94. The number of aromatic nitrogens is 1. The summed E-state index contributed by atoms with van der Waals surface area (Å²) in [6.45, 7) is 10.2. The molecule has 1 aromatic heterocycles. The number of benzene rings is 2. The average Bonchev–Trinajstić information content (AvgIpc) is 2.67. The molecule has 0 unspecified atom stereocenters. The van der Waals surface area contributed by atoms with Crippen molar-refractivity contribution in [3.05, 3.63) is 84.1 Å². The third-order valence-corrected chi connectivity index (χ3v) is 4.75. The maximum atomic E-state index is 9.60. The molecule has 0 aliphatic rings. The van der Waals surface area contributed by atoms with Gasteiger partial charge in [-0.05, 0) is 41.5 Å². The first-order chi connectivity index (χ1) is 13.0. The fourth-order valence-corrected chi connectivity index (χ4v) is 3.28. The number of aryl methyl sites for hydroxylation is 1. The van der Waals surface area contributed by atoms with E-state index in [0.29, 0.717) is 5.92 Å². The molecule has 0 saturated heterocycles. The van der Waals surface area contributed by atoms with Crippen LogP contribution in [0.2, 0.25) is 0 Å². The van der Waals surface area contributed by atoms with Crippen molar-refractivity contribution < 1.29 is 5.11 Å². The van der Waals surface area contributed by atoms with E-state index in [1.807, 2.05) is 30.5 Å². The second-order valence-electron chi connectivity index (χ2n) is 7.41. The van der Waals surface area contributed by atoms with Gasteiger partial charge in [-0.3, -0.25) is 4.98 Å². The monoisotopic (exact) mass is 357 g/mol. The first kappa shape index (κ1) is 18.9. The molecular formula is C25H27NO. The Labute approximate surface area is 162 Å². The Morgan fingerprint density at radius 1 is 0.963 bits per heavy atom. The minimum absolute atomic E-state index is 0.0867. The van der Waals surface area contributed by atoms with E-state index in [1.54, 1.807) is 0 Å². The van der Waals surface area contributed by atoms with Gasteiger partial charge in [0.1, 0.15) is 5.76 Å².